The van der Waals surface area contributed by atoms with Gasteiger partial charge in [0.2, 0.25) is 15.0 Å². The van der Waals surface area contributed by atoms with Crippen molar-refractivity contribution in [3.63, 3.8) is 0 Å². The number of alkyl halides is 1. The molecule has 0 spiro atoms. The van der Waals surface area contributed by atoms with Crippen molar-refractivity contribution in [1.29, 1.82) is 5.26 Å². The van der Waals surface area contributed by atoms with Gasteiger partial charge in [-0.25, -0.2) is 13.2 Å². The normalized spacial score (nSPS) is 14.0. The number of carboxylic acids is 2. The van der Waals surface area contributed by atoms with E-state index in [9.17, 15) is 28.2 Å². The summed E-state index contributed by atoms with van der Waals surface area (Å²) in [6.07, 6.45) is 0. The van der Waals surface area contributed by atoms with Gasteiger partial charge < -0.3 is 10.2 Å². The average Bonchev–Trinajstić information content (AvgIpc) is 2.86. The second kappa shape index (κ2) is 10.7. The lowest BCUT2D eigenvalue weighted by Crippen LogP contribution is -2.57. The molecule has 0 aliphatic carbocycles. The average molecular weight is 547 g/mol. The van der Waals surface area contributed by atoms with Crippen LogP contribution < -0.4 is 0 Å². The Hall–Kier alpha value is -3.42. The summed E-state index contributed by atoms with van der Waals surface area (Å²) in [5, 5.41) is 29.1. The molecule has 0 aliphatic rings. The second-order valence-electron chi connectivity index (χ2n) is 7.87. The van der Waals surface area contributed by atoms with Crippen LogP contribution in [0.2, 0.25) is 5.02 Å². The maximum absolute atomic E-state index is 13.6. The summed E-state index contributed by atoms with van der Waals surface area (Å²) < 4.78 is 27.5. The van der Waals surface area contributed by atoms with E-state index in [2.05, 4.69) is 0 Å². The molecule has 11 heteroatoms. The van der Waals surface area contributed by atoms with Crippen molar-refractivity contribution in [3.8, 4) is 17.2 Å². The molecule has 3 aromatic rings. The smallest absolute Gasteiger partial charge is 0.341 e. The highest BCUT2D eigenvalue weighted by Gasteiger charge is 2.54. The van der Waals surface area contributed by atoms with Crippen molar-refractivity contribution >= 4 is 45.2 Å². The molecule has 0 fully saturated rings. The number of benzene rings is 3. The third kappa shape index (κ3) is 5.37. The van der Waals surface area contributed by atoms with E-state index < -0.39 is 39.4 Å². The number of halogens is 2. The minimum absolute atomic E-state index is 0.270. The van der Waals surface area contributed by atoms with Gasteiger partial charge in [0.1, 0.15) is 6.54 Å². The van der Waals surface area contributed by atoms with E-state index in [0.717, 1.165) is 5.56 Å². The van der Waals surface area contributed by atoms with Crippen LogP contribution in [0.1, 0.15) is 24.0 Å². The molecule has 3 aromatic carbocycles. The quantitative estimate of drug-likeness (QED) is 0.291. The molecular weight excluding hydrogens is 527 g/mol. The topological polar surface area (TPSA) is 136 Å². The minimum Gasteiger partial charge on any atom is -0.480 e. The summed E-state index contributed by atoms with van der Waals surface area (Å²) >= 11 is 12.4. The Labute approximate surface area is 218 Å². The van der Waals surface area contributed by atoms with Crippen molar-refractivity contribution < 1.29 is 28.2 Å². The van der Waals surface area contributed by atoms with E-state index in [1.165, 1.54) is 55.5 Å². The van der Waals surface area contributed by atoms with Gasteiger partial charge in [-0.3, -0.25) is 4.79 Å². The number of sulfonamides is 1. The van der Waals surface area contributed by atoms with Crippen LogP contribution in [0, 0.1) is 11.3 Å². The van der Waals surface area contributed by atoms with Gasteiger partial charge >= 0.3 is 11.9 Å². The van der Waals surface area contributed by atoms with Gasteiger partial charge in [0.15, 0.2) is 0 Å². The Morgan fingerprint density at radius 1 is 0.972 bits per heavy atom. The number of hydrogen-bond acceptors (Lipinski definition) is 5. The molecule has 2 atom stereocenters. The Kier molecular flexibility index (Phi) is 8.06. The van der Waals surface area contributed by atoms with E-state index in [-0.39, 0.29) is 9.20 Å². The Morgan fingerprint density at radius 3 is 1.92 bits per heavy atom. The molecular formula is C25H20Cl2N2O6S. The molecule has 0 aromatic heterocycles. The minimum atomic E-state index is -4.70. The van der Waals surface area contributed by atoms with E-state index in [4.69, 9.17) is 28.5 Å². The number of aliphatic carboxylic acids is 2. The molecule has 0 saturated heterocycles. The molecule has 0 aliphatic heterocycles. The predicted molar refractivity (Wildman–Crippen MR) is 134 cm³/mol. The molecule has 186 valence electrons. The number of rotatable bonds is 9. The molecule has 36 heavy (non-hydrogen) atoms. The van der Waals surface area contributed by atoms with Crippen LogP contribution in [0.4, 0.5) is 0 Å². The molecule has 8 nitrogen and oxygen atoms in total. The van der Waals surface area contributed by atoms with E-state index in [1.807, 2.05) is 6.07 Å². The summed E-state index contributed by atoms with van der Waals surface area (Å²) in [5.41, 5.74) is 2.03. The first-order chi connectivity index (χ1) is 16.9. The molecule has 0 heterocycles. The maximum atomic E-state index is 13.6. The van der Waals surface area contributed by atoms with Crippen molar-refractivity contribution in [3.05, 3.63) is 88.9 Å². The van der Waals surface area contributed by atoms with E-state index in [0.29, 0.717) is 21.7 Å². The zero-order chi connectivity index (χ0) is 26.7. The lowest BCUT2D eigenvalue weighted by Gasteiger charge is -2.38. The first kappa shape index (κ1) is 27.2. The van der Waals surface area contributed by atoms with E-state index >= 15 is 0 Å². The van der Waals surface area contributed by atoms with Crippen LogP contribution in [0.15, 0.2) is 77.7 Å². The summed E-state index contributed by atoms with van der Waals surface area (Å²) in [6.45, 7) is 0.175. The van der Waals surface area contributed by atoms with Crippen LogP contribution in [-0.4, -0.2) is 46.4 Å². The lowest BCUT2D eigenvalue weighted by molar-refractivity contribution is -0.146. The SMILES string of the molecule is C[C@@H](c1ccc(C#N)cc1)[C@@](Cl)(C(=O)O)N(CC(=O)O)S(=O)(=O)c1ccc(-c2ccc(Cl)cc2)cc1. The third-order valence-electron chi connectivity index (χ3n) is 5.68. The molecule has 0 saturated carbocycles. The van der Waals surface area contributed by atoms with Crippen molar-refractivity contribution in [2.24, 2.45) is 0 Å². The Balaban J connectivity index is 2.08. The van der Waals surface area contributed by atoms with Crippen LogP contribution in [-0.2, 0) is 19.6 Å². The van der Waals surface area contributed by atoms with Gasteiger partial charge in [-0.15, -0.1) is 0 Å². The van der Waals surface area contributed by atoms with Crippen molar-refractivity contribution in [1.82, 2.24) is 4.31 Å². The highest BCUT2D eigenvalue weighted by atomic mass is 35.5. The fourth-order valence-electron chi connectivity index (χ4n) is 3.66. The molecule has 0 bridgehead atoms. The Bertz CT molecular complexity index is 1420. The highest BCUT2D eigenvalue weighted by molar-refractivity contribution is 7.89. The first-order valence-electron chi connectivity index (χ1n) is 10.4. The number of nitrogens with zero attached hydrogens (tertiary/aromatic N) is 2. The van der Waals surface area contributed by atoms with Crippen molar-refractivity contribution in [2.75, 3.05) is 6.54 Å². The first-order valence-corrected chi connectivity index (χ1v) is 12.6. The maximum Gasteiger partial charge on any atom is 0.341 e. The van der Waals surface area contributed by atoms with Crippen molar-refractivity contribution in [2.45, 2.75) is 22.7 Å². The summed E-state index contributed by atoms with van der Waals surface area (Å²) in [6, 6.07) is 20.0. The standard InChI is InChI=1S/C25H20Cl2N2O6S/c1-16(18-4-2-17(14-28)3-5-18)25(27,24(32)33)29(15-23(30)31)36(34,35)22-12-8-20(9-13-22)19-6-10-21(26)11-7-19/h2-13,16H,15H2,1H3,(H,30,31)(H,32,33)/t16-,25-/m0/s1. The summed E-state index contributed by atoms with van der Waals surface area (Å²) in [7, 11) is -4.70. The molecule has 0 unspecified atom stereocenters. The monoisotopic (exact) mass is 546 g/mol. The molecule has 0 amide bonds. The van der Waals surface area contributed by atoms with Gasteiger partial charge in [0, 0.05) is 10.9 Å². The number of carbonyl (C=O) groups is 2. The Morgan fingerprint density at radius 2 is 1.47 bits per heavy atom. The summed E-state index contributed by atoms with van der Waals surface area (Å²) in [5.74, 6) is -4.54. The largest absolute Gasteiger partial charge is 0.480 e. The zero-order valence-electron chi connectivity index (χ0n) is 18.8. The molecule has 0 radical (unpaired) electrons. The van der Waals surface area contributed by atoms with Crippen LogP contribution in [0.5, 0.6) is 0 Å². The molecule has 3 rings (SSSR count). The van der Waals surface area contributed by atoms with E-state index in [1.54, 1.807) is 24.3 Å². The van der Waals surface area contributed by atoms with Crippen LogP contribution in [0.25, 0.3) is 11.1 Å². The van der Waals surface area contributed by atoms with Gasteiger partial charge in [0.05, 0.1) is 16.5 Å². The number of nitriles is 1. The molecule has 2 N–H and O–H groups in total. The fourth-order valence-corrected chi connectivity index (χ4v) is 5.85. The van der Waals surface area contributed by atoms with Gasteiger partial charge in [-0.2, -0.15) is 9.57 Å². The third-order valence-corrected chi connectivity index (χ3v) is 8.59. The van der Waals surface area contributed by atoms with Crippen LogP contribution in [0.3, 0.4) is 0 Å². The second-order valence-corrected chi connectivity index (χ2v) is 10.7. The van der Waals surface area contributed by atoms with Crippen LogP contribution >= 0.6 is 23.2 Å². The predicted octanol–water partition coefficient (Wildman–Crippen LogP) is 4.78. The number of carboxylic acid groups (broad SMARTS) is 2. The summed E-state index contributed by atoms with van der Waals surface area (Å²) in [4.78, 5) is 21.1. The van der Waals surface area contributed by atoms with Gasteiger partial charge in [-0.1, -0.05) is 66.5 Å². The highest BCUT2D eigenvalue weighted by Crippen LogP contribution is 2.41. The fraction of sp³-hybridized carbons (Fsp3) is 0.160. The van der Waals surface area contributed by atoms with Gasteiger partial charge in [-0.05, 0) is 53.1 Å². The lowest BCUT2D eigenvalue weighted by atomic mass is 9.92. The zero-order valence-corrected chi connectivity index (χ0v) is 21.1. The van der Waals surface area contributed by atoms with Gasteiger partial charge in [0.25, 0.3) is 0 Å². The number of hydrogen-bond donors (Lipinski definition) is 2.